The molecule has 0 saturated carbocycles. The van der Waals surface area contributed by atoms with Gasteiger partial charge in [0.15, 0.2) is 5.76 Å². The number of hydrazine groups is 1. The zero-order chi connectivity index (χ0) is 17.7. The van der Waals surface area contributed by atoms with Gasteiger partial charge in [-0.3, -0.25) is 20.4 Å². The molecule has 24 heavy (non-hydrogen) atoms. The maximum atomic E-state index is 13.5. The van der Waals surface area contributed by atoms with Crippen molar-refractivity contribution < 1.29 is 18.4 Å². The highest BCUT2D eigenvalue weighted by Crippen LogP contribution is 2.28. The summed E-state index contributed by atoms with van der Waals surface area (Å²) in [5.74, 6) is -1.60. The zero-order valence-electron chi connectivity index (χ0n) is 12.5. The van der Waals surface area contributed by atoms with Crippen molar-refractivity contribution in [2.24, 2.45) is 0 Å². The summed E-state index contributed by atoms with van der Waals surface area (Å²) in [5.41, 5.74) is 4.89. The third kappa shape index (κ3) is 4.70. The molecule has 3 N–H and O–H groups in total. The minimum Gasteiger partial charge on any atom is -0.459 e. The first-order valence-electron chi connectivity index (χ1n) is 6.89. The molecule has 0 fully saturated rings. The van der Waals surface area contributed by atoms with E-state index in [2.05, 4.69) is 16.2 Å². The molecule has 0 spiro atoms. The second-order valence-corrected chi connectivity index (χ2v) is 5.68. The summed E-state index contributed by atoms with van der Waals surface area (Å²) in [6, 6.07) is 5.11. The number of nitrogens with one attached hydrogen (secondary N) is 3. The molecule has 0 aliphatic rings. The van der Waals surface area contributed by atoms with Crippen LogP contribution in [0.3, 0.4) is 0 Å². The second-order valence-electron chi connectivity index (χ2n) is 4.87. The molecule has 2 amide bonds. The van der Waals surface area contributed by atoms with Crippen molar-refractivity contribution in [1.82, 2.24) is 16.2 Å². The van der Waals surface area contributed by atoms with E-state index in [0.29, 0.717) is 5.56 Å². The van der Waals surface area contributed by atoms with Crippen LogP contribution in [0.25, 0.3) is 0 Å². The number of amides is 2. The zero-order valence-corrected chi connectivity index (χ0v) is 14.0. The quantitative estimate of drug-likeness (QED) is 0.555. The number of rotatable bonds is 5. The number of benzene rings is 1. The summed E-state index contributed by atoms with van der Waals surface area (Å²) in [6.45, 7) is 1.59. The van der Waals surface area contributed by atoms with Crippen molar-refractivity contribution in [1.29, 1.82) is 0 Å². The van der Waals surface area contributed by atoms with E-state index < -0.39 is 23.7 Å². The van der Waals surface area contributed by atoms with Gasteiger partial charge in [0.05, 0.1) is 17.8 Å². The third-order valence-electron chi connectivity index (χ3n) is 3.14. The molecule has 1 atom stereocenters. The average molecular weight is 374 g/mol. The first kappa shape index (κ1) is 18.3. The molecule has 0 radical (unpaired) electrons. The van der Waals surface area contributed by atoms with E-state index in [1.807, 2.05) is 0 Å². The summed E-state index contributed by atoms with van der Waals surface area (Å²) in [4.78, 5) is 23.3. The molecule has 2 rings (SSSR count). The molecular formula is C15H14Cl2FN3O3. The Morgan fingerprint density at radius 1 is 1.25 bits per heavy atom. The van der Waals surface area contributed by atoms with Gasteiger partial charge < -0.3 is 9.73 Å². The van der Waals surface area contributed by atoms with Crippen LogP contribution in [-0.4, -0.2) is 18.4 Å². The molecule has 2 aromatic rings. The second kappa shape index (κ2) is 8.14. The van der Waals surface area contributed by atoms with E-state index >= 15 is 0 Å². The highest BCUT2D eigenvalue weighted by Gasteiger charge is 2.15. The standard InChI is InChI=1S/C15H14Cl2FN3O3/c1-8(9-5-12(18)11(17)6-10(9)16)19-7-14(22)20-21-15(23)13-3-2-4-24-13/h2-6,8,19H,7H2,1H3,(H,20,22)(H,21,23)/t8-/m0/s1. The lowest BCUT2D eigenvalue weighted by Gasteiger charge is -2.16. The molecule has 0 saturated heterocycles. The van der Waals surface area contributed by atoms with Gasteiger partial charge in [-0.25, -0.2) is 4.39 Å². The van der Waals surface area contributed by atoms with Gasteiger partial charge in [0.1, 0.15) is 5.82 Å². The van der Waals surface area contributed by atoms with Crippen LogP contribution in [0.4, 0.5) is 4.39 Å². The van der Waals surface area contributed by atoms with Crippen LogP contribution >= 0.6 is 23.2 Å². The molecule has 0 bridgehead atoms. The molecule has 1 heterocycles. The molecule has 128 valence electrons. The number of furan rings is 1. The Morgan fingerprint density at radius 2 is 2.00 bits per heavy atom. The largest absolute Gasteiger partial charge is 0.459 e. The Labute approximate surface area is 147 Å². The number of hydrogen-bond acceptors (Lipinski definition) is 4. The Hall–Kier alpha value is -2.09. The summed E-state index contributed by atoms with van der Waals surface area (Å²) in [7, 11) is 0. The minimum absolute atomic E-state index is 0.0695. The Morgan fingerprint density at radius 3 is 2.67 bits per heavy atom. The van der Waals surface area contributed by atoms with E-state index in [-0.39, 0.29) is 22.4 Å². The van der Waals surface area contributed by atoms with Gasteiger partial charge in [0, 0.05) is 11.1 Å². The van der Waals surface area contributed by atoms with E-state index in [9.17, 15) is 14.0 Å². The molecule has 0 unspecified atom stereocenters. The van der Waals surface area contributed by atoms with Crippen LogP contribution < -0.4 is 16.2 Å². The van der Waals surface area contributed by atoms with Gasteiger partial charge >= 0.3 is 5.91 Å². The van der Waals surface area contributed by atoms with Gasteiger partial charge in [-0.15, -0.1) is 0 Å². The van der Waals surface area contributed by atoms with Crippen molar-refractivity contribution in [3.8, 4) is 0 Å². The monoisotopic (exact) mass is 373 g/mol. The first-order valence-corrected chi connectivity index (χ1v) is 7.64. The number of halogens is 3. The molecule has 1 aromatic carbocycles. The molecule has 6 nitrogen and oxygen atoms in total. The fourth-order valence-corrected chi connectivity index (χ4v) is 2.41. The fourth-order valence-electron chi connectivity index (χ4n) is 1.87. The predicted octanol–water partition coefficient (Wildman–Crippen LogP) is 2.84. The van der Waals surface area contributed by atoms with Crippen LogP contribution in [0, 0.1) is 5.82 Å². The minimum atomic E-state index is -0.597. The Kier molecular flexibility index (Phi) is 6.19. The lowest BCUT2D eigenvalue weighted by Crippen LogP contribution is -2.45. The number of carbonyl (C=O) groups excluding carboxylic acids is 2. The van der Waals surface area contributed by atoms with Gasteiger partial charge in [0.25, 0.3) is 5.91 Å². The van der Waals surface area contributed by atoms with Crippen molar-refractivity contribution in [3.05, 3.63) is 57.7 Å². The van der Waals surface area contributed by atoms with Crippen LogP contribution in [0.15, 0.2) is 34.9 Å². The normalized spacial score (nSPS) is 11.8. The summed E-state index contributed by atoms with van der Waals surface area (Å²) in [6.07, 6.45) is 1.34. The summed E-state index contributed by atoms with van der Waals surface area (Å²) in [5, 5.41) is 3.07. The number of carbonyl (C=O) groups is 2. The molecular weight excluding hydrogens is 360 g/mol. The van der Waals surface area contributed by atoms with Gasteiger partial charge in [0.2, 0.25) is 0 Å². The molecule has 9 heteroatoms. The highest BCUT2D eigenvalue weighted by molar-refractivity contribution is 6.35. The fraction of sp³-hybridized carbons (Fsp3) is 0.200. The average Bonchev–Trinajstić information content (AvgIpc) is 3.08. The predicted molar refractivity (Wildman–Crippen MR) is 87.2 cm³/mol. The van der Waals surface area contributed by atoms with E-state index in [4.69, 9.17) is 27.6 Å². The van der Waals surface area contributed by atoms with Gasteiger partial charge in [-0.2, -0.15) is 0 Å². The lowest BCUT2D eigenvalue weighted by molar-refractivity contribution is -0.121. The number of hydrogen-bond donors (Lipinski definition) is 3. The first-order chi connectivity index (χ1) is 11.4. The van der Waals surface area contributed by atoms with Gasteiger partial charge in [-0.1, -0.05) is 23.2 Å². The lowest BCUT2D eigenvalue weighted by atomic mass is 10.1. The van der Waals surface area contributed by atoms with Crippen LogP contribution in [0.1, 0.15) is 29.1 Å². The van der Waals surface area contributed by atoms with Crippen LogP contribution in [0.5, 0.6) is 0 Å². The van der Waals surface area contributed by atoms with Crippen molar-refractivity contribution >= 4 is 35.0 Å². The van der Waals surface area contributed by atoms with Crippen molar-refractivity contribution in [3.63, 3.8) is 0 Å². The van der Waals surface area contributed by atoms with E-state index in [1.54, 1.807) is 13.0 Å². The molecule has 0 aliphatic heterocycles. The van der Waals surface area contributed by atoms with E-state index in [0.717, 1.165) is 0 Å². The highest BCUT2D eigenvalue weighted by atomic mass is 35.5. The Bertz CT molecular complexity index is 738. The molecule has 0 aliphatic carbocycles. The Balaban J connectivity index is 1.83. The van der Waals surface area contributed by atoms with Crippen molar-refractivity contribution in [2.45, 2.75) is 13.0 Å². The van der Waals surface area contributed by atoms with Gasteiger partial charge in [-0.05, 0) is 36.8 Å². The third-order valence-corrected chi connectivity index (χ3v) is 3.75. The molecule has 1 aromatic heterocycles. The maximum absolute atomic E-state index is 13.5. The summed E-state index contributed by atoms with van der Waals surface area (Å²) >= 11 is 11.7. The summed E-state index contributed by atoms with van der Waals surface area (Å²) < 4.78 is 18.4. The maximum Gasteiger partial charge on any atom is 0.305 e. The SMILES string of the molecule is C[C@H](NCC(=O)NNC(=O)c1ccco1)c1cc(F)c(Cl)cc1Cl. The van der Waals surface area contributed by atoms with Crippen LogP contribution in [0.2, 0.25) is 10.0 Å². The van der Waals surface area contributed by atoms with Crippen molar-refractivity contribution in [2.75, 3.05) is 6.54 Å². The smallest absolute Gasteiger partial charge is 0.305 e. The topological polar surface area (TPSA) is 83.4 Å². The van der Waals surface area contributed by atoms with Crippen LogP contribution in [-0.2, 0) is 4.79 Å². The van der Waals surface area contributed by atoms with E-state index in [1.165, 1.54) is 24.5 Å².